The summed E-state index contributed by atoms with van der Waals surface area (Å²) in [4.78, 5) is 46.1. The maximum Gasteiger partial charge on any atom is 0.313 e. The Labute approximate surface area is 237 Å². The molecule has 2 fully saturated rings. The van der Waals surface area contributed by atoms with Gasteiger partial charge >= 0.3 is 5.97 Å². The van der Waals surface area contributed by atoms with Crippen molar-refractivity contribution in [2.45, 2.75) is 82.1 Å². The van der Waals surface area contributed by atoms with Crippen LogP contribution in [0.5, 0.6) is 0 Å². The molecule has 1 aromatic carbocycles. The molecule has 8 heteroatoms. The molecule has 0 saturated carbocycles. The van der Waals surface area contributed by atoms with Gasteiger partial charge in [0.2, 0.25) is 11.8 Å². The van der Waals surface area contributed by atoms with Crippen molar-refractivity contribution in [1.82, 2.24) is 9.80 Å². The number of hydrogen-bond acceptors (Lipinski definition) is 6. The standard InChI is InChI=1S/C32H42N2O6/c1-3-5-11-18-33-19-13-17-32-25(26-30(38)39-20-12-7-10-16-31(26,4-2)40-32)28(36)34(27(32)29(33)37)24(22-35)21-23-14-8-6-9-15-23/h6,8-10,13-17,24-27,35H,3-5,7,11-12,18-22H2,1-2H3/b16-10-/t24-,25+,26+,27?,31-,32+/m1/s1. The maximum absolute atomic E-state index is 14.6. The van der Waals surface area contributed by atoms with Gasteiger partial charge in [-0.3, -0.25) is 14.4 Å². The number of ether oxygens (including phenoxy) is 2. The zero-order chi connectivity index (χ0) is 28.3. The van der Waals surface area contributed by atoms with Crippen molar-refractivity contribution < 1.29 is 29.0 Å². The average Bonchev–Trinajstić information content (AvgIpc) is 3.35. The first-order valence-corrected chi connectivity index (χ1v) is 14.9. The Morgan fingerprint density at radius 1 is 1.02 bits per heavy atom. The third kappa shape index (κ3) is 4.79. The minimum Gasteiger partial charge on any atom is -0.465 e. The van der Waals surface area contributed by atoms with Crippen molar-refractivity contribution in [2.24, 2.45) is 11.8 Å². The predicted molar refractivity (Wildman–Crippen MR) is 150 cm³/mol. The van der Waals surface area contributed by atoms with Gasteiger partial charge in [-0.1, -0.05) is 81.3 Å². The lowest BCUT2D eigenvalue weighted by atomic mass is 9.73. The second-order valence-electron chi connectivity index (χ2n) is 11.5. The lowest BCUT2D eigenvalue weighted by molar-refractivity contribution is -0.163. The summed E-state index contributed by atoms with van der Waals surface area (Å²) in [5, 5.41) is 10.6. The van der Waals surface area contributed by atoms with E-state index in [4.69, 9.17) is 9.47 Å². The molecular formula is C32H42N2O6. The van der Waals surface area contributed by atoms with Crippen molar-refractivity contribution in [2.75, 3.05) is 26.3 Å². The van der Waals surface area contributed by atoms with Crippen molar-refractivity contribution >= 4 is 17.8 Å². The first kappa shape index (κ1) is 28.6. The quantitative estimate of drug-likeness (QED) is 0.288. The first-order chi connectivity index (χ1) is 19.4. The highest BCUT2D eigenvalue weighted by Gasteiger charge is 2.75. The number of unbranched alkanes of at least 4 members (excludes halogenated alkanes) is 2. The molecule has 6 atom stereocenters. The minimum atomic E-state index is -1.35. The number of fused-ring (bicyclic) bond motifs is 2. The van der Waals surface area contributed by atoms with Crippen LogP contribution in [-0.2, 0) is 30.3 Å². The van der Waals surface area contributed by atoms with Crippen LogP contribution in [0.25, 0.3) is 0 Å². The highest BCUT2D eigenvalue weighted by Crippen LogP contribution is 2.58. The van der Waals surface area contributed by atoms with E-state index in [1.165, 1.54) is 0 Å². The Bertz CT molecular complexity index is 1150. The van der Waals surface area contributed by atoms with Crippen LogP contribution in [0.15, 0.2) is 54.6 Å². The maximum atomic E-state index is 14.6. The molecule has 0 aliphatic carbocycles. The Kier molecular flexibility index (Phi) is 8.47. The molecule has 0 bridgehead atoms. The number of amides is 2. The molecule has 4 heterocycles. The van der Waals surface area contributed by atoms with Crippen LogP contribution < -0.4 is 0 Å². The van der Waals surface area contributed by atoms with Gasteiger partial charge in [0, 0.05) is 13.1 Å². The Balaban J connectivity index is 1.63. The van der Waals surface area contributed by atoms with Crippen LogP contribution in [0.4, 0.5) is 0 Å². The van der Waals surface area contributed by atoms with Crippen LogP contribution in [0, 0.1) is 11.8 Å². The monoisotopic (exact) mass is 550 g/mol. The summed E-state index contributed by atoms with van der Waals surface area (Å²) >= 11 is 0. The number of carbonyl (C=O) groups is 3. The number of rotatable bonds is 9. The van der Waals surface area contributed by atoms with Crippen LogP contribution in [0.3, 0.4) is 0 Å². The van der Waals surface area contributed by atoms with Gasteiger partial charge in [0.25, 0.3) is 0 Å². The van der Waals surface area contributed by atoms with E-state index in [1.807, 2.05) is 61.6 Å². The molecular weight excluding hydrogens is 508 g/mol. The van der Waals surface area contributed by atoms with Gasteiger partial charge in [-0.15, -0.1) is 0 Å². The minimum absolute atomic E-state index is 0.196. The number of aliphatic hydroxyl groups excluding tert-OH is 1. The van der Waals surface area contributed by atoms with E-state index in [0.717, 1.165) is 31.2 Å². The van der Waals surface area contributed by atoms with Crippen LogP contribution in [0.1, 0.15) is 57.9 Å². The van der Waals surface area contributed by atoms with Gasteiger partial charge in [0.1, 0.15) is 23.2 Å². The van der Waals surface area contributed by atoms with E-state index < -0.39 is 41.1 Å². The van der Waals surface area contributed by atoms with E-state index in [2.05, 4.69) is 6.92 Å². The van der Waals surface area contributed by atoms with Gasteiger partial charge in [0.05, 0.1) is 25.2 Å². The molecule has 4 aliphatic rings. The molecule has 8 nitrogen and oxygen atoms in total. The molecule has 1 unspecified atom stereocenters. The number of aliphatic hydroxyl groups is 1. The fourth-order valence-electron chi connectivity index (χ4n) is 7.14. The second kappa shape index (κ2) is 11.9. The smallest absolute Gasteiger partial charge is 0.313 e. The highest BCUT2D eigenvalue weighted by molar-refractivity contribution is 5.99. The van der Waals surface area contributed by atoms with Gasteiger partial charge in [0.15, 0.2) is 0 Å². The lowest BCUT2D eigenvalue weighted by Gasteiger charge is -2.41. The van der Waals surface area contributed by atoms with Gasteiger partial charge in [-0.05, 0) is 37.7 Å². The number of nitrogens with zero attached hydrogens (tertiary/aromatic N) is 2. The summed E-state index contributed by atoms with van der Waals surface area (Å²) in [6.07, 6.45) is 12.9. The molecule has 5 rings (SSSR count). The SMILES string of the molecule is CCCCCN1CC=C[C@]23O[C@]4(CC)/C=C\CCCOC(=O)[C@@H]4[C@H]2C(=O)N([C@@H](CO)Cc2ccccc2)C3C1=O. The van der Waals surface area contributed by atoms with Gasteiger partial charge < -0.3 is 24.4 Å². The van der Waals surface area contributed by atoms with Crippen molar-refractivity contribution in [1.29, 1.82) is 0 Å². The molecule has 40 heavy (non-hydrogen) atoms. The summed E-state index contributed by atoms with van der Waals surface area (Å²) in [6, 6.07) is 8.00. The van der Waals surface area contributed by atoms with Crippen LogP contribution >= 0.6 is 0 Å². The predicted octanol–water partition coefficient (Wildman–Crippen LogP) is 3.43. The van der Waals surface area contributed by atoms with E-state index in [-0.39, 0.29) is 25.0 Å². The molecule has 2 amide bonds. The number of benzene rings is 1. The molecule has 4 aliphatic heterocycles. The topological polar surface area (TPSA) is 96.4 Å². The lowest BCUT2D eigenvalue weighted by Crippen LogP contribution is -2.59. The fraction of sp³-hybridized carbons (Fsp3) is 0.594. The molecule has 0 radical (unpaired) electrons. The highest BCUT2D eigenvalue weighted by atomic mass is 16.6. The van der Waals surface area contributed by atoms with Crippen LogP contribution in [0.2, 0.25) is 0 Å². The van der Waals surface area contributed by atoms with Gasteiger partial charge in [-0.25, -0.2) is 0 Å². The molecule has 1 spiro atoms. The van der Waals surface area contributed by atoms with E-state index in [1.54, 1.807) is 9.80 Å². The number of allylic oxidation sites excluding steroid dienone is 1. The van der Waals surface area contributed by atoms with E-state index >= 15 is 0 Å². The molecule has 1 N–H and O–H groups in total. The largest absolute Gasteiger partial charge is 0.465 e. The Morgan fingerprint density at radius 3 is 2.55 bits per heavy atom. The molecule has 1 aromatic rings. The second-order valence-corrected chi connectivity index (χ2v) is 11.5. The Hall–Kier alpha value is -2.97. The Morgan fingerprint density at radius 2 is 1.82 bits per heavy atom. The fourth-order valence-corrected chi connectivity index (χ4v) is 7.14. The number of cyclic esters (lactones) is 1. The average molecular weight is 551 g/mol. The number of hydrogen-bond donors (Lipinski definition) is 1. The molecule has 0 aromatic heterocycles. The van der Waals surface area contributed by atoms with Gasteiger partial charge in [-0.2, -0.15) is 0 Å². The zero-order valence-electron chi connectivity index (χ0n) is 23.7. The third-order valence-corrected chi connectivity index (χ3v) is 9.10. The summed E-state index contributed by atoms with van der Waals surface area (Å²) in [6.45, 7) is 5.00. The molecule has 2 saturated heterocycles. The van der Waals surface area contributed by atoms with Crippen molar-refractivity contribution in [3.63, 3.8) is 0 Å². The van der Waals surface area contributed by atoms with Crippen molar-refractivity contribution in [3.05, 3.63) is 60.2 Å². The normalized spacial score (nSPS) is 33.3. The summed E-state index contributed by atoms with van der Waals surface area (Å²) in [5.74, 6) is -2.82. The summed E-state index contributed by atoms with van der Waals surface area (Å²) < 4.78 is 12.7. The number of likely N-dealkylation sites (tertiary alicyclic amines) is 1. The molecule has 216 valence electrons. The summed E-state index contributed by atoms with van der Waals surface area (Å²) in [5.41, 5.74) is -1.46. The summed E-state index contributed by atoms with van der Waals surface area (Å²) in [7, 11) is 0. The zero-order valence-corrected chi connectivity index (χ0v) is 23.7. The van der Waals surface area contributed by atoms with E-state index in [0.29, 0.717) is 32.4 Å². The van der Waals surface area contributed by atoms with Crippen LogP contribution in [-0.4, -0.2) is 82.3 Å². The number of carbonyl (C=O) groups excluding carboxylic acids is 3. The first-order valence-electron chi connectivity index (χ1n) is 14.9. The third-order valence-electron chi connectivity index (χ3n) is 9.10. The number of esters is 1. The van der Waals surface area contributed by atoms with Crippen molar-refractivity contribution in [3.8, 4) is 0 Å². The van der Waals surface area contributed by atoms with E-state index in [9.17, 15) is 19.5 Å².